The molecule has 0 aliphatic carbocycles. The topological polar surface area (TPSA) is 69.7 Å². The minimum atomic E-state index is -3.50. The van der Waals surface area contributed by atoms with E-state index < -0.39 is 10.0 Å². The monoisotopic (exact) mass is 463 g/mol. The van der Waals surface area contributed by atoms with E-state index in [1.54, 1.807) is 24.3 Å². The molecule has 172 valence electrons. The minimum absolute atomic E-state index is 0.236. The van der Waals surface area contributed by atoms with E-state index in [2.05, 4.69) is 10.2 Å². The van der Waals surface area contributed by atoms with E-state index in [1.807, 2.05) is 55.5 Å². The van der Waals surface area contributed by atoms with E-state index in [9.17, 15) is 13.2 Å². The first-order valence-electron chi connectivity index (χ1n) is 11.1. The Balaban J connectivity index is 1.46. The molecule has 0 radical (unpaired) electrons. The van der Waals surface area contributed by atoms with Gasteiger partial charge in [-0.2, -0.15) is 0 Å². The van der Waals surface area contributed by atoms with Crippen molar-refractivity contribution in [1.29, 1.82) is 0 Å². The lowest BCUT2D eigenvalue weighted by atomic mass is 10.1. The van der Waals surface area contributed by atoms with Crippen molar-refractivity contribution in [2.45, 2.75) is 26.3 Å². The van der Waals surface area contributed by atoms with Gasteiger partial charge in [0.25, 0.3) is 5.91 Å². The van der Waals surface area contributed by atoms with Gasteiger partial charge in [0, 0.05) is 30.0 Å². The highest BCUT2D eigenvalue weighted by atomic mass is 32.2. The number of carbonyl (C=O) groups is 1. The van der Waals surface area contributed by atoms with Crippen LogP contribution < -0.4 is 14.5 Å². The lowest BCUT2D eigenvalue weighted by molar-refractivity contribution is 0.102. The van der Waals surface area contributed by atoms with Crippen molar-refractivity contribution in [2.24, 2.45) is 0 Å². The van der Waals surface area contributed by atoms with Gasteiger partial charge in [-0.15, -0.1) is 0 Å². The average Bonchev–Trinajstić information content (AvgIpc) is 3.33. The number of aryl methyl sites for hydroxylation is 1. The first kappa shape index (κ1) is 22.9. The molecule has 0 spiro atoms. The molecule has 0 unspecified atom stereocenters. The van der Waals surface area contributed by atoms with Crippen molar-refractivity contribution in [3.05, 3.63) is 89.5 Å². The molecule has 6 nitrogen and oxygen atoms in total. The number of nitrogens with one attached hydrogen (secondary N) is 1. The first-order chi connectivity index (χ1) is 15.8. The summed E-state index contributed by atoms with van der Waals surface area (Å²) in [5, 5.41) is 2.91. The van der Waals surface area contributed by atoms with Gasteiger partial charge >= 0.3 is 0 Å². The summed E-state index contributed by atoms with van der Waals surface area (Å²) in [6, 6.07) is 22.2. The maximum absolute atomic E-state index is 12.7. The fourth-order valence-corrected chi connectivity index (χ4v) is 4.93. The Hall–Kier alpha value is -3.32. The smallest absolute Gasteiger partial charge is 0.255 e. The van der Waals surface area contributed by atoms with Crippen LogP contribution in [0.1, 0.15) is 34.3 Å². The highest BCUT2D eigenvalue weighted by molar-refractivity contribution is 7.92. The molecule has 3 aromatic rings. The van der Waals surface area contributed by atoms with Gasteiger partial charge in [-0.1, -0.05) is 24.3 Å². The third-order valence-electron chi connectivity index (χ3n) is 5.99. The van der Waals surface area contributed by atoms with E-state index >= 15 is 0 Å². The zero-order valence-electron chi connectivity index (χ0n) is 19.0. The molecule has 0 aromatic heterocycles. The number of hydrogen-bond acceptors (Lipinski definition) is 4. The lowest BCUT2D eigenvalue weighted by Crippen LogP contribution is -2.29. The van der Waals surface area contributed by atoms with Crippen LogP contribution >= 0.6 is 0 Å². The fourth-order valence-electron chi connectivity index (χ4n) is 4.06. The van der Waals surface area contributed by atoms with E-state index in [4.69, 9.17) is 0 Å². The minimum Gasteiger partial charge on any atom is -0.372 e. The normalized spacial score (nSPS) is 13.7. The van der Waals surface area contributed by atoms with Crippen LogP contribution in [0.15, 0.2) is 72.8 Å². The maximum Gasteiger partial charge on any atom is 0.255 e. The molecule has 0 saturated carbocycles. The van der Waals surface area contributed by atoms with Gasteiger partial charge in [0.1, 0.15) is 0 Å². The summed E-state index contributed by atoms with van der Waals surface area (Å²) in [6.45, 7) is 4.35. The molecule has 4 rings (SSSR count). The molecular weight excluding hydrogens is 434 g/mol. The van der Waals surface area contributed by atoms with Gasteiger partial charge in [0.05, 0.1) is 18.5 Å². The second-order valence-corrected chi connectivity index (χ2v) is 10.3. The Morgan fingerprint density at radius 3 is 2.18 bits per heavy atom. The van der Waals surface area contributed by atoms with Crippen molar-refractivity contribution in [2.75, 3.05) is 33.9 Å². The summed E-state index contributed by atoms with van der Waals surface area (Å²) in [5.41, 5.74) is 4.84. The Labute approximate surface area is 195 Å². The molecule has 1 N–H and O–H groups in total. The van der Waals surface area contributed by atoms with Crippen LogP contribution in [-0.2, 0) is 16.6 Å². The molecule has 1 heterocycles. The third-order valence-corrected chi connectivity index (χ3v) is 7.13. The van der Waals surface area contributed by atoms with Crippen molar-refractivity contribution >= 4 is 33.0 Å². The van der Waals surface area contributed by atoms with Crippen LogP contribution in [0, 0.1) is 6.92 Å². The molecule has 1 aliphatic heterocycles. The van der Waals surface area contributed by atoms with Gasteiger partial charge < -0.3 is 10.2 Å². The molecule has 1 aliphatic rings. The average molecular weight is 464 g/mol. The summed E-state index contributed by atoms with van der Waals surface area (Å²) in [4.78, 5) is 15.1. The Morgan fingerprint density at radius 1 is 0.939 bits per heavy atom. The number of nitrogens with zero attached hydrogens (tertiary/aromatic N) is 2. The van der Waals surface area contributed by atoms with E-state index in [-0.39, 0.29) is 12.5 Å². The predicted molar refractivity (Wildman–Crippen MR) is 134 cm³/mol. The molecule has 33 heavy (non-hydrogen) atoms. The summed E-state index contributed by atoms with van der Waals surface area (Å²) >= 11 is 0. The summed E-state index contributed by atoms with van der Waals surface area (Å²) < 4.78 is 26.3. The van der Waals surface area contributed by atoms with Gasteiger partial charge in [-0.05, 0) is 79.4 Å². The van der Waals surface area contributed by atoms with Crippen molar-refractivity contribution in [1.82, 2.24) is 0 Å². The number of sulfonamides is 1. The Bertz CT molecular complexity index is 1220. The number of amides is 1. The van der Waals surface area contributed by atoms with Gasteiger partial charge in [0.2, 0.25) is 10.0 Å². The van der Waals surface area contributed by atoms with Gasteiger partial charge in [0.15, 0.2) is 0 Å². The van der Waals surface area contributed by atoms with Crippen LogP contribution in [0.2, 0.25) is 0 Å². The summed E-state index contributed by atoms with van der Waals surface area (Å²) in [7, 11) is -3.50. The van der Waals surface area contributed by atoms with E-state index in [1.165, 1.54) is 29.1 Å². The molecule has 7 heteroatoms. The standard InChI is InChI=1S/C26H29N3O3S/c1-20-7-3-4-8-22(20)19-29(33(2,31)32)25-13-9-21(10-14-25)26(30)27-23-11-15-24(16-12-23)28-17-5-6-18-28/h3-4,7-16H,5-6,17-19H2,1-2H3,(H,27,30). The third kappa shape index (κ3) is 5.54. The van der Waals surface area contributed by atoms with Gasteiger partial charge in [-0.25, -0.2) is 8.42 Å². The van der Waals surface area contributed by atoms with E-state index in [0.717, 1.165) is 29.9 Å². The van der Waals surface area contributed by atoms with Crippen LogP contribution in [0.5, 0.6) is 0 Å². The highest BCUT2D eigenvalue weighted by Gasteiger charge is 2.19. The maximum atomic E-state index is 12.7. The second-order valence-electron chi connectivity index (χ2n) is 8.44. The molecule has 0 bridgehead atoms. The molecule has 1 saturated heterocycles. The van der Waals surface area contributed by atoms with Crippen LogP contribution in [0.3, 0.4) is 0 Å². The number of benzene rings is 3. The number of carbonyl (C=O) groups excluding carboxylic acids is 1. The molecule has 1 amide bonds. The summed E-state index contributed by atoms with van der Waals surface area (Å²) in [6.07, 6.45) is 3.63. The van der Waals surface area contributed by atoms with Crippen LogP contribution in [0.4, 0.5) is 17.1 Å². The van der Waals surface area contributed by atoms with E-state index in [0.29, 0.717) is 11.3 Å². The SMILES string of the molecule is Cc1ccccc1CN(c1ccc(C(=O)Nc2ccc(N3CCCC3)cc2)cc1)S(C)(=O)=O. The number of rotatable bonds is 7. The van der Waals surface area contributed by atoms with Crippen LogP contribution in [0.25, 0.3) is 0 Å². The van der Waals surface area contributed by atoms with Crippen molar-refractivity contribution < 1.29 is 13.2 Å². The Kier molecular flexibility index (Phi) is 6.70. The number of hydrogen-bond donors (Lipinski definition) is 1. The largest absolute Gasteiger partial charge is 0.372 e. The predicted octanol–water partition coefficient (Wildman–Crippen LogP) is 4.81. The summed E-state index contributed by atoms with van der Waals surface area (Å²) in [5.74, 6) is -0.236. The highest BCUT2D eigenvalue weighted by Crippen LogP contribution is 2.24. The molecular formula is C26H29N3O3S. The number of anilines is 3. The second kappa shape index (κ2) is 9.67. The van der Waals surface area contributed by atoms with Crippen LogP contribution in [-0.4, -0.2) is 33.7 Å². The van der Waals surface area contributed by atoms with Gasteiger partial charge in [-0.3, -0.25) is 9.10 Å². The van der Waals surface area contributed by atoms with Crippen molar-refractivity contribution in [3.63, 3.8) is 0 Å². The van der Waals surface area contributed by atoms with Crippen molar-refractivity contribution in [3.8, 4) is 0 Å². The Morgan fingerprint density at radius 2 is 1.58 bits per heavy atom. The first-order valence-corrected chi connectivity index (χ1v) is 12.9. The molecule has 0 atom stereocenters. The molecule has 3 aromatic carbocycles. The molecule has 1 fully saturated rings. The zero-order valence-corrected chi connectivity index (χ0v) is 19.8. The lowest BCUT2D eigenvalue weighted by Gasteiger charge is -2.23. The zero-order chi connectivity index (χ0) is 23.4. The fraction of sp³-hybridized carbons (Fsp3) is 0.269. The quantitative estimate of drug-likeness (QED) is 0.546.